The van der Waals surface area contributed by atoms with Crippen molar-refractivity contribution < 1.29 is 8.78 Å². The fourth-order valence-electron chi connectivity index (χ4n) is 4.33. The number of allylic oxidation sites excluding steroid dienone is 2. The fourth-order valence-corrected chi connectivity index (χ4v) is 4.67. The number of nitrogens with zero attached hydrogens (tertiary/aromatic N) is 3. The highest BCUT2D eigenvalue weighted by molar-refractivity contribution is 9.10. The van der Waals surface area contributed by atoms with Gasteiger partial charge in [0.15, 0.2) is 0 Å². The highest BCUT2D eigenvalue weighted by atomic mass is 79.9. The molecule has 0 saturated heterocycles. The van der Waals surface area contributed by atoms with E-state index in [-0.39, 0.29) is 16.8 Å². The molecule has 0 bridgehead atoms. The SMILES string of the molecule is Cc1c(-c2ccccn2)nc2cc(F)cc(F)c2c1Nc1cc(Br)cnc1C1C=CCCC1. The zero-order valence-corrected chi connectivity index (χ0v) is 19.5. The third-order valence-electron chi connectivity index (χ3n) is 5.90. The summed E-state index contributed by atoms with van der Waals surface area (Å²) in [6.07, 6.45) is 10.9. The summed E-state index contributed by atoms with van der Waals surface area (Å²) >= 11 is 3.51. The lowest BCUT2D eigenvalue weighted by Gasteiger charge is -2.22. The summed E-state index contributed by atoms with van der Waals surface area (Å²) in [5.41, 5.74) is 4.33. The van der Waals surface area contributed by atoms with Gasteiger partial charge in [0.1, 0.15) is 11.6 Å². The van der Waals surface area contributed by atoms with E-state index in [4.69, 9.17) is 0 Å². The minimum absolute atomic E-state index is 0.167. The lowest BCUT2D eigenvalue weighted by Crippen LogP contribution is -2.08. The Morgan fingerprint density at radius 3 is 2.76 bits per heavy atom. The fraction of sp³-hybridized carbons (Fsp3) is 0.192. The number of halogens is 3. The molecule has 0 spiro atoms. The monoisotopic (exact) mass is 506 g/mol. The number of pyridine rings is 3. The van der Waals surface area contributed by atoms with Gasteiger partial charge in [0, 0.05) is 40.5 Å². The van der Waals surface area contributed by atoms with Crippen LogP contribution in [0.4, 0.5) is 20.2 Å². The molecule has 1 aliphatic rings. The molecule has 0 fully saturated rings. The maximum atomic E-state index is 15.1. The van der Waals surface area contributed by atoms with Crippen LogP contribution in [0.1, 0.15) is 36.4 Å². The standard InChI is InChI=1S/C26H21BrF2N4/c1-15-24(20-9-5-6-10-30-20)32-21-13-18(28)12-19(29)23(21)25(15)33-22-11-17(27)14-31-26(22)16-7-3-2-4-8-16/h3,5-7,9-14,16H,2,4,8H2,1H3,(H,32,33). The molecule has 4 aromatic rings. The van der Waals surface area contributed by atoms with Crippen LogP contribution in [-0.4, -0.2) is 15.0 Å². The van der Waals surface area contributed by atoms with Gasteiger partial charge in [0.25, 0.3) is 0 Å². The Morgan fingerprint density at radius 2 is 2.00 bits per heavy atom. The zero-order valence-electron chi connectivity index (χ0n) is 17.9. The Hall–Kier alpha value is -3.19. The van der Waals surface area contributed by atoms with E-state index in [0.717, 1.165) is 46.7 Å². The van der Waals surface area contributed by atoms with Crippen molar-refractivity contribution in [2.75, 3.05) is 5.32 Å². The summed E-state index contributed by atoms with van der Waals surface area (Å²) in [5.74, 6) is -1.18. The quantitative estimate of drug-likeness (QED) is 0.289. The van der Waals surface area contributed by atoms with Crippen molar-refractivity contribution in [2.24, 2.45) is 0 Å². The smallest absolute Gasteiger partial charge is 0.137 e. The molecule has 166 valence electrons. The maximum Gasteiger partial charge on any atom is 0.137 e. The first kappa shape index (κ1) is 21.6. The van der Waals surface area contributed by atoms with Gasteiger partial charge >= 0.3 is 0 Å². The van der Waals surface area contributed by atoms with Crippen molar-refractivity contribution in [3.63, 3.8) is 0 Å². The Balaban J connectivity index is 1.73. The largest absolute Gasteiger partial charge is 0.353 e. The molecule has 1 unspecified atom stereocenters. The Labute approximate surface area is 198 Å². The van der Waals surface area contributed by atoms with Crippen molar-refractivity contribution in [1.82, 2.24) is 15.0 Å². The number of aromatic nitrogens is 3. The van der Waals surface area contributed by atoms with Crippen LogP contribution in [0.2, 0.25) is 0 Å². The van der Waals surface area contributed by atoms with Gasteiger partial charge in [0.05, 0.1) is 39.4 Å². The normalized spacial score (nSPS) is 15.7. The number of hydrogen-bond donors (Lipinski definition) is 1. The minimum Gasteiger partial charge on any atom is -0.353 e. The first-order valence-corrected chi connectivity index (χ1v) is 11.6. The molecule has 0 amide bonds. The number of anilines is 2. The van der Waals surface area contributed by atoms with Gasteiger partial charge in [-0.3, -0.25) is 9.97 Å². The van der Waals surface area contributed by atoms with E-state index in [2.05, 4.69) is 48.4 Å². The molecule has 0 saturated carbocycles. The van der Waals surface area contributed by atoms with Crippen LogP contribution in [0.5, 0.6) is 0 Å². The molecule has 1 N–H and O–H groups in total. The second-order valence-electron chi connectivity index (χ2n) is 8.13. The highest BCUT2D eigenvalue weighted by Crippen LogP contribution is 2.39. The van der Waals surface area contributed by atoms with Gasteiger partial charge in [-0.2, -0.15) is 0 Å². The van der Waals surface area contributed by atoms with Crippen molar-refractivity contribution in [3.05, 3.63) is 88.3 Å². The van der Waals surface area contributed by atoms with Crippen LogP contribution in [0, 0.1) is 18.6 Å². The van der Waals surface area contributed by atoms with Gasteiger partial charge < -0.3 is 5.32 Å². The molecule has 1 atom stereocenters. The third-order valence-corrected chi connectivity index (χ3v) is 6.34. The van der Waals surface area contributed by atoms with Gasteiger partial charge in [0.2, 0.25) is 0 Å². The van der Waals surface area contributed by atoms with Gasteiger partial charge in [-0.1, -0.05) is 18.2 Å². The average molecular weight is 507 g/mol. The first-order valence-electron chi connectivity index (χ1n) is 10.8. The molecule has 5 rings (SSSR count). The molecular formula is C26H21BrF2N4. The van der Waals surface area contributed by atoms with E-state index in [0.29, 0.717) is 17.1 Å². The molecule has 4 nitrogen and oxygen atoms in total. The molecule has 1 aliphatic carbocycles. The van der Waals surface area contributed by atoms with Crippen molar-refractivity contribution in [2.45, 2.75) is 32.1 Å². The van der Waals surface area contributed by atoms with E-state index in [1.165, 1.54) is 6.07 Å². The molecule has 1 aromatic carbocycles. The zero-order chi connectivity index (χ0) is 22.9. The van der Waals surface area contributed by atoms with Crippen molar-refractivity contribution in [3.8, 4) is 11.4 Å². The van der Waals surface area contributed by atoms with Crippen LogP contribution >= 0.6 is 15.9 Å². The number of rotatable bonds is 4. The predicted octanol–water partition coefficient (Wildman–Crippen LogP) is 7.61. The van der Waals surface area contributed by atoms with Gasteiger partial charge in [-0.15, -0.1) is 0 Å². The summed E-state index contributed by atoms with van der Waals surface area (Å²) in [6.45, 7) is 1.87. The second kappa shape index (κ2) is 8.98. The molecule has 0 radical (unpaired) electrons. The number of nitrogens with one attached hydrogen (secondary N) is 1. The molecule has 3 heterocycles. The summed E-state index contributed by atoms with van der Waals surface area (Å²) in [6, 6.07) is 9.59. The minimum atomic E-state index is -0.675. The maximum absolute atomic E-state index is 15.1. The van der Waals surface area contributed by atoms with Crippen LogP contribution in [0.25, 0.3) is 22.3 Å². The van der Waals surface area contributed by atoms with Crippen LogP contribution in [0.3, 0.4) is 0 Å². The van der Waals surface area contributed by atoms with Crippen LogP contribution < -0.4 is 5.32 Å². The first-order chi connectivity index (χ1) is 16.0. The number of fused-ring (bicyclic) bond motifs is 1. The van der Waals surface area contributed by atoms with Crippen LogP contribution in [0.15, 0.2) is 65.4 Å². The lowest BCUT2D eigenvalue weighted by atomic mass is 9.91. The van der Waals surface area contributed by atoms with E-state index >= 15 is 4.39 Å². The lowest BCUT2D eigenvalue weighted by molar-refractivity contribution is 0.591. The molecule has 0 aliphatic heterocycles. The van der Waals surface area contributed by atoms with Crippen molar-refractivity contribution in [1.29, 1.82) is 0 Å². The third kappa shape index (κ3) is 4.25. The summed E-state index contributed by atoms with van der Waals surface area (Å²) in [7, 11) is 0. The van der Waals surface area contributed by atoms with E-state index in [1.807, 2.05) is 31.2 Å². The van der Waals surface area contributed by atoms with E-state index in [1.54, 1.807) is 12.4 Å². The molecule has 7 heteroatoms. The van der Waals surface area contributed by atoms with Crippen molar-refractivity contribution >= 4 is 38.2 Å². The highest BCUT2D eigenvalue weighted by Gasteiger charge is 2.22. The molecule has 33 heavy (non-hydrogen) atoms. The predicted molar refractivity (Wildman–Crippen MR) is 131 cm³/mol. The Kier molecular flexibility index (Phi) is 5.89. The molecule has 3 aromatic heterocycles. The van der Waals surface area contributed by atoms with E-state index < -0.39 is 11.6 Å². The number of benzene rings is 1. The Bertz CT molecular complexity index is 1370. The number of hydrogen-bond acceptors (Lipinski definition) is 4. The van der Waals surface area contributed by atoms with Gasteiger partial charge in [-0.25, -0.2) is 13.8 Å². The average Bonchev–Trinajstić information content (AvgIpc) is 2.82. The summed E-state index contributed by atoms with van der Waals surface area (Å²) in [4.78, 5) is 13.7. The van der Waals surface area contributed by atoms with E-state index in [9.17, 15) is 4.39 Å². The molecular weight excluding hydrogens is 486 g/mol. The summed E-state index contributed by atoms with van der Waals surface area (Å²) in [5, 5.41) is 3.67. The summed E-state index contributed by atoms with van der Waals surface area (Å²) < 4.78 is 30.0. The van der Waals surface area contributed by atoms with Gasteiger partial charge in [-0.05, 0) is 60.3 Å². The van der Waals surface area contributed by atoms with Crippen LogP contribution in [-0.2, 0) is 0 Å². The topological polar surface area (TPSA) is 50.7 Å². The second-order valence-corrected chi connectivity index (χ2v) is 9.05. The Morgan fingerprint density at radius 1 is 1.12 bits per heavy atom.